The molecule has 10 heteroatoms. The smallest absolute Gasteiger partial charge is 0.337 e. The zero-order valence-corrected chi connectivity index (χ0v) is 18.0. The first kappa shape index (κ1) is 22.3. The van der Waals surface area contributed by atoms with Crippen molar-refractivity contribution >= 4 is 41.0 Å². The Bertz CT molecular complexity index is 1160. The molecule has 160 valence electrons. The zero-order valence-electron chi connectivity index (χ0n) is 16.4. The first-order valence-corrected chi connectivity index (χ1v) is 10.2. The van der Waals surface area contributed by atoms with Crippen LogP contribution in [0.3, 0.4) is 0 Å². The van der Waals surface area contributed by atoms with Crippen molar-refractivity contribution in [1.29, 1.82) is 0 Å². The van der Waals surface area contributed by atoms with Crippen LogP contribution in [-0.2, 0) is 16.1 Å². The maximum atomic E-state index is 12.3. The molecule has 1 aromatic heterocycles. The van der Waals surface area contributed by atoms with Gasteiger partial charge in [0.2, 0.25) is 0 Å². The van der Waals surface area contributed by atoms with E-state index in [9.17, 15) is 14.4 Å². The Kier molecular flexibility index (Phi) is 7.58. The van der Waals surface area contributed by atoms with Crippen molar-refractivity contribution in [2.45, 2.75) is 6.54 Å². The number of carbonyl (C=O) groups is 2. The Morgan fingerprint density at radius 3 is 2.71 bits per heavy atom. The number of esters is 1. The van der Waals surface area contributed by atoms with Crippen LogP contribution in [-0.4, -0.2) is 36.4 Å². The fourth-order valence-electron chi connectivity index (χ4n) is 2.58. The second-order valence-electron chi connectivity index (χ2n) is 6.20. The van der Waals surface area contributed by atoms with Crippen molar-refractivity contribution in [1.82, 2.24) is 9.99 Å². The summed E-state index contributed by atoms with van der Waals surface area (Å²) in [6.45, 7) is -0.0347. The van der Waals surface area contributed by atoms with E-state index in [1.807, 2.05) is 6.07 Å². The topological polar surface area (TPSA) is 99.0 Å². The number of methoxy groups -OCH3 is 1. The second-order valence-corrected chi connectivity index (χ2v) is 7.55. The van der Waals surface area contributed by atoms with Gasteiger partial charge in [-0.2, -0.15) is 5.10 Å². The Hall–Kier alpha value is -3.43. The van der Waals surface area contributed by atoms with Crippen LogP contribution in [0.5, 0.6) is 5.75 Å². The Labute approximate surface area is 186 Å². The lowest BCUT2D eigenvalue weighted by molar-refractivity contribution is -0.123. The number of thiazole rings is 1. The summed E-state index contributed by atoms with van der Waals surface area (Å²) >= 11 is 7.21. The van der Waals surface area contributed by atoms with Crippen LogP contribution in [0.4, 0.5) is 0 Å². The highest BCUT2D eigenvalue weighted by Gasteiger charge is 2.13. The third-order valence-electron chi connectivity index (χ3n) is 4.03. The molecule has 0 fully saturated rings. The maximum absolute atomic E-state index is 12.3. The Morgan fingerprint density at radius 2 is 1.97 bits per heavy atom. The quantitative estimate of drug-likeness (QED) is 0.317. The van der Waals surface area contributed by atoms with Gasteiger partial charge in [0.25, 0.3) is 5.91 Å². The number of para-hydroxylation sites is 1. The number of aromatic nitrogens is 1. The lowest BCUT2D eigenvalue weighted by Gasteiger charge is -2.06. The van der Waals surface area contributed by atoms with Crippen LogP contribution in [0, 0.1) is 0 Å². The van der Waals surface area contributed by atoms with E-state index in [0.717, 1.165) is 11.3 Å². The summed E-state index contributed by atoms with van der Waals surface area (Å²) in [6.07, 6.45) is 1.30. The third kappa shape index (κ3) is 6.03. The highest BCUT2D eigenvalue weighted by atomic mass is 35.5. The molecule has 0 atom stereocenters. The minimum Gasteiger partial charge on any atom is -0.484 e. The van der Waals surface area contributed by atoms with Crippen molar-refractivity contribution in [3.8, 4) is 5.75 Å². The average Bonchev–Trinajstić information content (AvgIpc) is 3.05. The minimum absolute atomic E-state index is 0.171. The van der Waals surface area contributed by atoms with Gasteiger partial charge in [0.05, 0.1) is 30.3 Å². The van der Waals surface area contributed by atoms with Crippen molar-refractivity contribution in [3.05, 3.63) is 85.4 Å². The van der Waals surface area contributed by atoms with E-state index in [2.05, 4.69) is 10.5 Å². The molecule has 1 N–H and O–H groups in total. The number of hydrogen-bond donors (Lipinski definition) is 1. The molecule has 0 bridgehead atoms. The molecular formula is C21H18ClN3O5S. The number of amides is 1. The highest BCUT2D eigenvalue weighted by molar-refractivity contribution is 7.11. The molecule has 0 aliphatic carbocycles. The van der Waals surface area contributed by atoms with E-state index in [0.29, 0.717) is 21.8 Å². The molecule has 0 saturated heterocycles. The van der Waals surface area contributed by atoms with Crippen LogP contribution in [0.1, 0.15) is 20.8 Å². The van der Waals surface area contributed by atoms with Gasteiger partial charge in [-0.05, 0) is 29.8 Å². The molecule has 0 aliphatic rings. The summed E-state index contributed by atoms with van der Waals surface area (Å²) in [5.74, 6) is -0.357. The lowest BCUT2D eigenvalue weighted by Crippen LogP contribution is -2.24. The van der Waals surface area contributed by atoms with Gasteiger partial charge in [-0.15, -0.1) is 0 Å². The standard InChI is InChI=1S/C21H18ClN3O5S/c1-29-20(27)15-7-5-6-14(10-15)12-25-19(22)17(31-21(25)28)11-23-24-18(26)13-30-16-8-3-2-4-9-16/h2-11H,12-13H2,1H3,(H,24,26)/b23-11+. The van der Waals surface area contributed by atoms with E-state index in [1.165, 1.54) is 17.9 Å². The van der Waals surface area contributed by atoms with E-state index < -0.39 is 11.9 Å². The molecule has 8 nitrogen and oxygen atoms in total. The van der Waals surface area contributed by atoms with Crippen LogP contribution in [0.2, 0.25) is 5.15 Å². The largest absolute Gasteiger partial charge is 0.484 e. The molecule has 3 rings (SSSR count). The number of benzene rings is 2. The summed E-state index contributed by atoms with van der Waals surface area (Å²) in [5, 5.41) is 4.01. The lowest BCUT2D eigenvalue weighted by atomic mass is 10.1. The van der Waals surface area contributed by atoms with E-state index in [-0.39, 0.29) is 23.2 Å². The van der Waals surface area contributed by atoms with Gasteiger partial charge < -0.3 is 9.47 Å². The average molecular weight is 460 g/mol. The number of nitrogens with one attached hydrogen (secondary N) is 1. The molecule has 0 radical (unpaired) electrons. The van der Waals surface area contributed by atoms with Crippen molar-refractivity contribution < 1.29 is 19.1 Å². The second kappa shape index (κ2) is 10.6. The SMILES string of the molecule is COC(=O)c1cccc(Cn2c(Cl)c(/C=N/NC(=O)COc3ccccc3)sc2=O)c1. The molecule has 1 amide bonds. The molecule has 2 aromatic carbocycles. The number of ether oxygens (including phenoxy) is 2. The molecule has 0 unspecified atom stereocenters. The molecule has 31 heavy (non-hydrogen) atoms. The van der Waals surface area contributed by atoms with Crippen LogP contribution < -0.4 is 15.0 Å². The van der Waals surface area contributed by atoms with Gasteiger partial charge in [0.15, 0.2) is 6.61 Å². The van der Waals surface area contributed by atoms with E-state index >= 15 is 0 Å². The van der Waals surface area contributed by atoms with Crippen molar-refractivity contribution in [3.63, 3.8) is 0 Å². The third-order valence-corrected chi connectivity index (χ3v) is 5.46. The number of carbonyl (C=O) groups excluding carboxylic acids is 2. The van der Waals surface area contributed by atoms with Crippen LogP contribution in [0.15, 0.2) is 64.5 Å². The van der Waals surface area contributed by atoms with E-state index in [1.54, 1.807) is 48.5 Å². The first-order valence-electron chi connectivity index (χ1n) is 9.04. The molecular weight excluding hydrogens is 442 g/mol. The maximum Gasteiger partial charge on any atom is 0.337 e. The number of halogens is 1. The van der Waals surface area contributed by atoms with Gasteiger partial charge >= 0.3 is 10.8 Å². The summed E-state index contributed by atoms with van der Waals surface area (Å²) < 4.78 is 11.4. The summed E-state index contributed by atoms with van der Waals surface area (Å²) in [5.41, 5.74) is 3.41. The molecule has 0 saturated carbocycles. The van der Waals surface area contributed by atoms with Gasteiger partial charge in [-0.3, -0.25) is 14.2 Å². The predicted molar refractivity (Wildman–Crippen MR) is 118 cm³/mol. The Balaban J connectivity index is 1.62. The minimum atomic E-state index is -0.467. The molecule has 0 spiro atoms. The van der Waals surface area contributed by atoms with Crippen molar-refractivity contribution in [2.75, 3.05) is 13.7 Å². The number of rotatable bonds is 8. The van der Waals surface area contributed by atoms with Crippen LogP contribution in [0.25, 0.3) is 0 Å². The number of hydrogen-bond acceptors (Lipinski definition) is 7. The molecule has 3 aromatic rings. The summed E-state index contributed by atoms with van der Waals surface area (Å²) in [7, 11) is 1.30. The molecule has 1 heterocycles. The number of nitrogens with zero attached hydrogens (tertiary/aromatic N) is 2. The summed E-state index contributed by atoms with van der Waals surface area (Å²) in [6, 6.07) is 15.6. The predicted octanol–water partition coefficient (Wildman–Crippen LogP) is 2.93. The van der Waals surface area contributed by atoms with Crippen LogP contribution >= 0.6 is 22.9 Å². The first-order chi connectivity index (χ1) is 15.0. The normalized spacial score (nSPS) is 10.8. The number of hydrazone groups is 1. The highest BCUT2D eigenvalue weighted by Crippen LogP contribution is 2.19. The van der Waals surface area contributed by atoms with E-state index in [4.69, 9.17) is 21.1 Å². The van der Waals surface area contributed by atoms with Gasteiger partial charge in [0.1, 0.15) is 10.9 Å². The van der Waals surface area contributed by atoms with Crippen molar-refractivity contribution in [2.24, 2.45) is 5.10 Å². The monoisotopic (exact) mass is 459 g/mol. The fraction of sp³-hybridized carbons (Fsp3) is 0.143. The summed E-state index contributed by atoms with van der Waals surface area (Å²) in [4.78, 5) is 35.9. The zero-order chi connectivity index (χ0) is 22.2. The molecule has 0 aliphatic heterocycles. The van der Waals surface area contributed by atoms with Gasteiger partial charge in [-0.1, -0.05) is 53.3 Å². The van der Waals surface area contributed by atoms with Gasteiger partial charge in [0, 0.05) is 0 Å². The van der Waals surface area contributed by atoms with Gasteiger partial charge in [-0.25, -0.2) is 10.2 Å². The Morgan fingerprint density at radius 1 is 1.19 bits per heavy atom. The fourth-order valence-corrected chi connectivity index (χ4v) is 3.68.